The van der Waals surface area contributed by atoms with Crippen molar-refractivity contribution >= 4 is 18.0 Å². The Morgan fingerprint density at radius 2 is 1.83 bits per heavy atom. The van der Waals surface area contributed by atoms with Gasteiger partial charge in [0, 0.05) is 30.8 Å². The van der Waals surface area contributed by atoms with Gasteiger partial charge in [-0.3, -0.25) is 4.79 Å². The normalized spacial score (nSPS) is 40.1. The van der Waals surface area contributed by atoms with Gasteiger partial charge in [0.2, 0.25) is 0 Å². The molecule has 292 valence electrons. The average Bonchev–Trinajstić information content (AvgIpc) is 3.50. The quantitative estimate of drug-likeness (QED) is 0.187. The van der Waals surface area contributed by atoms with Crippen LogP contribution in [-0.4, -0.2) is 83.9 Å². The monoisotopic (exact) mass is 744 g/mol. The van der Waals surface area contributed by atoms with Gasteiger partial charge in [-0.2, -0.15) is 0 Å². The number of aliphatic hydroxyl groups is 2. The van der Waals surface area contributed by atoms with Crippen LogP contribution >= 0.6 is 0 Å². The molecular formula is C44H56O10. The van der Waals surface area contributed by atoms with E-state index in [1.165, 1.54) is 6.08 Å². The number of hydrogen-bond acceptors (Lipinski definition) is 10. The fourth-order valence-electron chi connectivity index (χ4n) is 8.33. The molecule has 2 N–H and O–H groups in total. The van der Waals surface area contributed by atoms with Crippen molar-refractivity contribution in [2.75, 3.05) is 13.7 Å². The fourth-order valence-corrected chi connectivity index (χ4v) is 8.33. The number of rotatable bonds is 6. The lowest BCUT2D eigenvalue weighted by Crippen LogP contribution is -2.59. The SMILES string of the molecule is CC[C@H](C)C1O[C@]2(C=C[C@@H]1C)CC1CC(C/C=C(\C)[C@@H](O)[C@@H](C)/C=C/C=C3\COC4[C@H](OC(=O)/C=C/c5ccc(OC)cc5)C(C)=CC(C(=O)O1)[C@]34O)O2. The summed E-state index contributed by atoms with van der Waals surface area (Å²) in [5, 5.41) is 23.9. The summed E-state index contributed by atoms with van der Waals surface area (Å²) in [6, 6.07) is 7.22. The standard InChI is InChI=1S/C44H56O10/c1-8-26(2)39-29(5)20-21-43(54-39)24-35-23-34(53-43)16-12-28(4)38(46)27(3)10-9-11-32-25-50-41-40(30(6)22-36(42(47)51-35)44(32,41)48)52-37(45)19-15-31-13-17-33(49-7)18-14-31/h9-15,17-22,26-27,29,34-36,38-41,46,48H,8,16,23-25H2,1-7H3/b10-9+,19-15+,28-12+,32-11+/t26-,27-,29-,34?,35?,36?,38-,39?,40+,41?,43+,44+/m0/s1. The van der Waals surface area contributed by atoms with Crippen molar-refractivity contribution in [3.05, 3.63) is 95.2 Å². The Labute approximate surface area is 319 Å². The lowest BCUT2D eigenvalue weighted by Gasteiger charge is -2.48. The molecule has 1 aliphatic carbocycles. The molecule has 5 unspecified atom stereocenters. The van der Waals surface area contributed by atoms with E-state index < -0.39 is 53.7 Å². The first-order valence-corrected chi connectivity index (χ1v) is 19.3. The molecule has 10 nitrogen and oxygen atoms in total. The third-order valence-electron chi connectivity index (χ3n) is 11.8. The summed E-state index contributed by atoms with van der Waals surface area (Å²) in [7, 11) is 1.58. The molecule has 12 atom stereocenters. The van der Waals surface area contributed by atoms with Crippen LogP contribution in [0.5, 0.6) is 5.75 Å². The van der Waals surface area contributed by atoms with E-state index in [1.54, 1.807) is 50.5 Å². The van der Waals surface area contributed by atoms with Crippen molar-refractivity contribution in [3.63, 3.8) is 0 Å². The lowest BCUT2D eigenvalue weighted by atomic mass is 9.70. The summed E-state index contributed by atoms with van der Waals surface area (Å²) < 4.78 is 37.2. The molecule has 1 spiro atoms. The van der Waals surface area contributed by atoms with E-state index in [2.05, 4.69) is 26.8 Å². The van der Waals surface area contributed by atoms with Gasteiger partial charge in [-0.1, -0.05) is 82.7 Å². The molecule has 6 rings (SSSR count). The van der Waals surface area contributed by atoms with Crippen LogP contribution in [0.3, 0.4) is 0 Å². The smallest absolute Gasteiger partial charge is 0.331 e. The van der Waals surface area contributed by atoms with Gasteiger partial charge < -0.3 is 38.6 Å². The molecule has 10 heteroatoms. The summed E-state index contributed by atoms with van der Waals surface area (Å²) in [5.74, 6) is -2.59. The minimum Gasteiger partial charge on any atom is -0.497 e. The molecule has 0 radical (unpaired) electrons. The first kappa shape index (κ1) is 39.9. The van der Waals surface area contributed by atoms with Crippen molar-refractivity contribution < 1.29 is 48.2 Å². The van der Waals surface area contributed by atoms with Crippen LogP contribution in [0.1, 0.15) is 72.8 Å². The summed E-state index contributed by atoms with van der Waals surface area (Å²) in [6.45, 7) is 12.0. The highest BCUT2D eigenvalue weighted by atomic mass is 16.7. The molecule has 54 heavy (non-hydrogen) atoms. The van der Waals surface area contributed by atoms with Crippen molar-refractivity contribution in [1.82, 2.24) is 0 Å². The van der Waals surface area contributed by atoms with E-state index in [1.807, 2.05) is 44.2 Å². The van der Waals surface area contributed by atoms with Crippen molar-refractivity contribution in [2.24, 2.45) is 23.7 Å². The van der Waals surface area contributed by atoms with Crippen LogP contribution in [0, 0.1) is 23.7 Å². The predicted octanol–water partition coefficient (Wildman–Crippen LogP) is 6.58. The number of ether oxygens (including phenoxy) is 6. The van der Waals surface area contributed by atoms with Crippen LogP contribution in [0.4, 0.5) is 0 Å². The van der Waals surface area contributed by atoms with Crippen LogP contribution in [-0.2, 0) is 33.3 Å². The van der Waals surface area contributed by atoms with E-state index in [0.717, 1.165) is 17.6 Å². The Balaban J connectivity index is 1.33. The molecule has 1 aromatic carbocycles. The van der Waals surface area contributed by atoms with E-state index in [4.69, 9.17) is 28.4 Å². The van der Waals surface area contributed by atoms with Crippen LogP contribution in [0.2, 0.25) is 0 Å². The van der Waals surface area contributed by atoms with Gasteiger partial charge in [0.1, 0.15) is 29.5 Å². The topological polar surface area (TPSA) is 130 Å². The summed E-state index contributed by atoms with van der Waals surface area (Å²) in [4.78, 5) is 27.6. The maximum absolute atomic E-state index is 14.4. The maximum Gasteiger partial charge on any atom is 0.331 e. The highest BCUT2D eigenvalue weighted by Crippen LogP contribution is 2.47. The van der Waals surface area contributed by atoms with Gasteiger partial charge in [-0.15, -0.1) is 0 Å². The summed E-state index contributed by atoms with van der Waals surface area (Å²) in [5.41, 5.74) is 0.692. The molecule has 5 aliphatic rings. The van der Waals surface area contributed by atoms with Gasteiger partial charge in [0.25, 0.3) is 0 Å². The highest BCUT2D eigenvalue weighted by molar-refractivity contribution is 5.87. The molecule has 1 aromatic rings. The molecule has 2 saturated heterocycles. The average molecular weight is 745 g/mol. The maximum atomic E-state index is 14.4. The van der Waals surface area contributed by atoms with E-state index >= 15 is 0 Å². The molecule has 0 saturated carbocycles. The summed E-state index contributed by atoms with van der Waals surface area (Å²) >= 11 is 0. The first-order chi connectivity index (χ1) is 25.8. The van der Waals surface area contributed by atoms with Crippen molar-refractivity contribution in [1.29, 1.82) is 0 Å². The molecular weight excluding hydrogens is 688 g/mol. The van der Waals surface area contributed by atoms with Crippen LogP contribution in [0.25, 0.3) is 6.08 Å². The third kappa shape index (κ3) is 8.23. The van der Waals surface area contributed by atoms with Crippen LogP contribution in [0.15, 0.2) is 89.6 Å². The Kier molecular flexibility index (Phi) is 12.2. The number of aliphatic hydroxyl groups excluding tert-OH is 1. The van der Waals surface area contributed by atoms with Gasteiger partial charge in [-0.05, 0) is 72.8 Å². The number of benzene rings is 1. The van der Waals surface area contributed by atoms with Crippen LogP contribution < -0.4 is 4.74 Å². The molecule has 0 amide bonds. The van der Waals surface area contributed by atoms with Gasteiger partial charge in [0.05, 0.1) is 32.0 Å². The van der Waals surface area contributed by atoms with E-state index in [9.17, 15) is 19.8 Å². The second kappa shape index (κ2) is 16.5. The fraction of sp³-hybridized carbons (Fsp3) is 0.545. The number of esters is 2. The zero-order valence-corrected chi connectivity index (χ0v) is 32.5. The highest BCUT2D eigenvalue weighted by Gasteiger charge is 2.61. The third-order valence-corrected chi connectivity index (χ3v) is 11.8. The largest absolute Gasteiger partial charge is 0.497 e. The van der Waals surface area contributed by atoms with E-state index in [0.29, 0.717) is 29.7 Å². The van der Waals surface area contributed by atoms with Crippen molar-refractivity contribution in [2.45, 2.75) is 115 Å². The molecule has 0 aromatic heterocycles. The Morgan fingerprint density at radius 1 is 1.07 bits per heavy atom. The zero-order chi connectivity index (χ0) is 38.8. The number of allylic oxidation sites excluding steroid dienone is 2. The number of hydrogen-bond donors (Lipinski definition) is 2. The first-order valence-electron chi connectivity index (χ1n) is 19.3. The number of carbonyl (C=O) groups is 2. The Morgan fingerprint density at radius 3 is 2.56 bits per heavy atom. The molecule has 2 bridgehead atoms. The number of fused-ring (bicyclic) bond motifs is 2. The van der Waals surface area contributed by atoms with E-state index in [-0.39, 0.29) is 43.0 Å². The lowest BCUT2D eigenvalue weighted by molar-refractivity contribution is -0.300. The van der Waals surface area contributed by atoms with Gasteiger partial charge >= 0.3 is 11.9 Å². The minimum atomic E-state index is -1.89. The number of methoxy groups -OCH3 is 1. The Bertz CT molecular complexity index is 1720. The Hall–Kier alpha value is -3.80. The molecule has 2 fully saturated rings. The minimum absolute atomic E-state index is 0.00170. The molecule has 4 aliphatic heterocycles. The summed E-state index contributed by atoms with van der Waals surface area (Å²) in [6.07, 6.45) is 14.3. The number of carbonyl (C=O) groups excluding carboxylic acids is 2. The second-order valence-corrected chi connectivity index (χ2v) is 15.7. The zero-order valence-electron chi connectivity index (χ0n) is 32.5. The second-order valence-electron chi connectivity index (χ2n) is 15.7. The molecule has 4 heterocycles. The van der Waals surface area contributed by atoms with Gasteiger partial charge in [0.15, 0.2) is 11.9 Å². The van der Waals surface area contributed by atoms with Crippen molar-refractivity contribution in [3.8, 4) is 5.75 Å². The van der Waals surface area contributed by atoms with Gasteiger partial charge in [-0.25, -0.2) is 4.79 Å². The predicted molar refractivity (Wildman–Crippen MR) is 204 cm³/mol.